The van der Waals surface area contributed by atoms with Crippen LogP contribution in [0, 0.1) is 5.41 Å². The molecule has 0 spiro atoms. The van der Waals surface area contributed by atoms with E-state index in [4.69, 9.17) is 0 Å². The lowest BCUT2D eigenvalue weighted by atomic mass is 9.55. The number of aliphatic hydroxyl groups is 1. The smallest absolute Gasteiger partial charge is 0.319 e. The molecular formula is C23H36N2O3. The third kappa shape index (κ3) is 3.73. The standard InChI is InChI=1S/C23H36N2O3/c1-21(2)10-9-17-18(7-6-8-19(17)26)23(21,4)13-14-24(5)20(27)25-15-11-22(3,28)12-16-25/h6-8,26,28H,9-16H2,1-5H3/t23-/m0/s1. The highest BCUT2D eigenvalue weighted by atomic mass is 16.3. The summed E-state index contributed by atoms with van der Waals surface area (Å²) in [5, 5.41) is 20.5. The normalized spacial score (nSPS) is 25.9. The predicted molar refractivity (Wildman–Crippen MR) is 112 cm³/mol. The van der Waals surface area contributed by atoms with Gasteiger partial charge in [-0.1, -0.05) is 32.9 Å². The molecule has 1 fully saturated rings. The number of phenolic OH excluding ortho intramolecular Hbond substituents is 1. The molecule has 1 aromatic carbocycles. The third-order valence-corrected chi connectivity index (χ3v) is 7.62. The van der Waals surface area contributed by atoms with E-state index in [-0.39, 0.29) is 16.9 Å². The van der Waals surface area contributed by atoms with Gasteiger partial charge in [0.25, 0.3) is 0 Å². The summed E-state index contributed by atoms with van der Waals surface area (Å²) >= 11 is 0. The van der Waals surface area contributed by atoms with Crippen LogP contribution in [0.25, 0.3) is 0 Å². The second-order valence-electron chi connectivity index (χ2n) is 9.96. The Kier molecular flexibility index (Phi) is 5.43. The average molecular weight is 389 g/mol. The van der Waals surface area contributed by atoms with Gasteiger partial charge in [0, 0.05) is 26.7 Å². The summed E-state index contributed by atoms with van der Waals surface area (Å²) in [6.07, 6.45) is 4.03. The Balaban J connectivity index is 1.72. The first-order chi connectivity index (χ1) is 13.0. The van der Waals surface area contributed by atoms with Gasteiger partial charge in [0.2, 0.25) is 0 Å². The number of benzene rings is 1. The van der Waals surface area contributed by atoms with Crippen molar-refractivity contribution in [2.45, 2.75) is 70.8 Å². The lowest BCUT2D eigenvalue weighted by Crippen LogP contribution is -2.51. The molecule has 0 radical (unpaired) electrons. The average Bonchev–Trinajstić information content (AvgIpc) is 2.63. The zero-order valence-electron chi connectivity index (χ0n) is 18.1. The first kappa shape index (κ1) is 21.0. The number of hydrogen-bond acceptors (Lipinski definition) is 3. The van der Waals surface area contributed by atoms with Gasteiger partial charge >= 0.3 is 6.03 Å². The number of hydrogen-bond donors (Lipinski definition) is 2. The Morgan fingerprint density at radius 2 is 1.79 bits per heavy atom. The van der Waals surface area contributed by atoms with Crippen LogP contribution in [0.1, 0.15) is 64.5 Å². The first-order valence-corrected chi connectivity index (χ1v) is 10.5. The molecule has 1 aliphatic heterocycles. The number of urea groups is 1. The van der Waals surface area contributed by atoms with Crippen molar-refractivity contribution in [1.29, 1.82) is 0 Å². The summed E-state index contributed by atoms with van der Waals surface area (Å²) in [6, 6.07) is 5.90. The van der Waals surface area contributed by atoms with Crippen LogP contribution in [0.15, 0.2) is 18.2 Å². The molecule has 3 rings (SSSR count). The topological polar surface area (TPSA) is 64.0 Å². The molecule has 0 saturated carbocycles. The Morgan fingerprint density at radius 1 is 1.14 bits per heavy atom. The van der Waals surface area contributed by atoms with Crippen molar-refractivity contribution in [3.8, 4) is 5.75 Å². The summed E-state index contributed by atoms with van der Waals surface area (Å²) in [7, 11) is 1.87. The fraction of sp³-hybridized carbons (Fsp3) is 0.696. The number of nitrogens with zero attached hydrogens (tertiary/aromatic N) is 2. The number of likely N-dealkylation sites (tertiary alicyclic amines) is 1. The SMILES string of the molecule is CN(CC[C@@]1(C)c2cccc(O)c2CCC1(C)C)C(=O)N1CCC(C)(O)CC1. The quantitative estimate of drug-likeness (QED) is 0.825. The number of piperidine rings is 1. The fourth-order valence-corrected chi connectivity index (χ4v) is 4.81. The Morgan fingerprint density at radius 3 is 2.43 bits per heavy atom. The van der Waals surface area contributed by atoms with Gasteiger partial charge in [-0.15, -0.1) is 0 Å². The molecule has 0 aromatic heterocycles. The van der Waals surface area contributed by atoms with Crippen LogP contribution >= 0.6 is 0 Å². The summed E-state index contributed by atoms with van der Waals surface area (Å²) in [4.78, 5) is 16.5. The summed E-state index contributed by atoms with van der Waals surface area (Å²) < 4.78 is 0. The van der Waals surface area contributed by atoms with E-state index in [2.05, 4.69) is 26.8 Å². The molecule has 0 bridgehead atoms. The Labute approximate surface area is 169 Å². The molecular weight excluding hydrogens is 352 g/mol. The van der Waals surface area contributed by atoms with E-state index in [0.717, 1.165) is 24.8 Å². The van der Waals surface area contributed by atoms with Gasteiger partial charge in [-0.25, -0.2) is 4.79 Å². The van der Waals surface area contributed by atoms with Gasteiger partial charge in [-0.3, -0.25) is 0 Å². The van der Waals surface area contributed by atoms with Crippen LogP contribution in [0.2, 0.25) is 0 Å². The van der Waals surface area contributed by atoms with Crippen molar-refractivity contribution in [2.75, 3.05) is 26.7 Å². The van der Waals surface area contributed by atoms with E-state index >= 15 is 0 Å². The molecule has 1 aromatic rings. The van der Waals surface area contributed by atoms with E-state index < -0.39 is 5.60 Å². The second kappa shape index (κ2) is 7.25. The molecule has 5 nitrogen and oxygen atoms in total. The molecule has 2 aliphatic rings. The maximum atomic E-state index is 12.9. The van der Waals surface area contributed by atoms with Crippen molar-refractivity contribution < 1.29 is 15.0 Å². The van der Waals surface area contributed by atoms with E-state index in [1.165, 1.54) is 5.56 Å². The minimum atomic E-state index is -0.652. The number of fused-ring (bicyclic) bond motifs is 1. The molecule has 2 amide bonds. The molecule has 1 heterocycles. The van der Waals surface area contributed by atoms with E-state index in [1.807, 2.05) is 29.8 Å². The fourth-order valence-electron chi connectivity index (χ4n) is 4.81. The highest BCUT2D eigenvalue weighted by Crippen LogP contribution is 2.53. The van der Waals surface area contributed by atoms with Crippen molar-refractivity contribution in [2.24, 2.45) is 5.41 Å². The number of rotatable bonds is 3. The minimum Gasteiger partial charge on any atom is -0.508 e. The number of carbonyl (C=O) groups is 1. The number of amides is 2. The summed E-state index contributed by atoms with van der Waals surface area (Å²) in [6.45, 7) is 10.6. The van der Waals surface area contributed by atoms with Gasteiger partial charge in [-0.2, -0.15) is 0 Å². The monoisotopic (exact) mass is 388 g/mol. The lowest BCUT2D eigenvalue weighted by molar-refractivity contribution is 0.000887. The van der Waals surface area contributed by atoms with Gasteiger partial charge in [-0.05, 0) is 67.1 Å². The van der Waals surface area contributed by atoms with Crippen LogP contribution in [-0.4, -0.2) is 58.3 Å². The predicted octanol–water partition coefficient (Wildman–Crippen LogP) is 3.91. The summed E-state index contributed by atoms with van der Waals surface area (Å²) in [5.74, 6) is 0.393. The summed E-state index contributed by atoms with van der Waals surface area (Å²) in [5.41, 5.74) is 1.61. The lowest BCUT2D eigenvalue weighted by Gasteiger charge is -2.50. The maximum Gasteiger partial charge on any atom is 0.319 e. The highest BCUT2D eigenvalue weighted by molar-refractivity contribution is 5.74. The van der Waals surface area contributed by atoms with Gasteiger partial charge in [0.05, 0.1) is 5.60 Å². The molecule has 1 saturated heterocycles. The van der Waals surface area contributed by atoms with Crippen LogP contribution < -0.4 is 0 Å². The van der Waals surface area contributed by atoms with Crippen LogP contribution in [-0.2, 0) is 11.8 Å². The number of aromatic hydroxyl groups is 1. The maximum absolute atomic E-state index is 12.9. The largest absolute Gasteiger partial charge is 0.508 e. The van der Waals surface area contributed by atoms with Gasteiger partial charge in [0.15, 0.2) is 0 Å². The third-order valence-electron chi connectivity index (χ3n) is 7.62. The molecule has 28 heavy (non-hydrogen) atoms. The highest BCUT2D eigenvalue weighted by Gasteiger charge is 2.46. The van der Waals surface area contributed by atoms with Crippen LogP contribution in [0.5, 0.6) is 5.75 Å². The van der Waals surface area contributed by atoms with E-state index in [0.29, 0.717) is 38.2 Å². The Hall–Kier alpha value is -1.75. The minimum absolute atomic E-state index is 0.0452. The molecule has 5 heteroatoms. The van der Waals surface area contributed by atoms with Crippen LogP contribution in [0.4, 0.5) is 4.79 Å². The van der Waals surface area contributed by atoms with Gasteiger partial charge in [0.1, 0.15) is 5.75 Å². The van der Waals surface area contributed by atoms with Gasteiger partial charge < -0.3 is 20.0 Å². The number of phenols is 1. The molecule has 0 unspecified atom stereocenters. The number of carbonyl (C=O) groups excluding carboxylic acids is 1. The van der Waals surface area contributed by atoms with E-state index in [9.17, 15) is 15.0 Å². The second-order valence-corrected chi connectivity index (χ2v) is 9.96. The molecule has 156 valence electrons. The van der Waals surface area contributed by atoms with Crippen molar-refractivity contribution >= 4 is 6.03 Å². The zero-order chi connectivity index (χ0) is 20.7. The zero-order valence-corrected chi connectivity index (χ0v) is 18.1. The van der Waals surface area contributed by atoms with Crippen molar-refractivity contribution in [3.63, 3.8) is 0 Å². The van der Waals surface area contributed by atoms with E-state index in [1.54, 1.807) is 6.07 Å². The van der Waals surface area contributed by atoms with Crippen molar-refractivity contribution in [1.82, 2.24) is 9.80 Å². The molecule has 1 atom stereocenters. The first-order valence-electron chi connectivity index (χ1n) is 10.5. The Bertz CT molecular complexity index is 733. The molecule has 1 aliphatic carbocycles. The van der Waals surface area contributed by atoms with Crippen molar-refractivity contribution in [3.05, 3.63) is 29.3 Å². The molecule has 2 N–H and O–H groups in total. The van der Waals surface area contributed by atoms with Crippen LogP contribution in [0.3, 0.4) is 0 Å².